The van der Waals surface area contributed by atoms with Crippen molar-refractivity contribution >= 4 is 27.4 Å². The molecule has 0 fully saturated rings. The molecule has 3 heterocycles. The molecule has 3 aromatic heterocycles. The van der Waals surface area contributed by atoms with Crippen LogP contribution in [0.25, 0.3) is 15.9 Å². The van der Waals surface area contributed by atoms with E-state index in [1.54, 1.807) is 17.7 Å². The quantitative estimate of drug-likeness (QED) is 0.611. The molecule has 0 aliphatic carbocycles. The average molecular weight is 321 g/mol. The van der Waals surface area contributed by atoms with E-state index in [9.17, 15) is 0 Å². The zero-order valence-electron chi connectivity index (χ0n) is 12.4. The minimum atomic E-state index is 0.808. The molecule has 6 heteroatoms. The van der Waals surface area contributed by atoms with Crippen molar-refractivity contribution in [2.75, 3.05) is 11.9 Å². The van der Waals surface area contributed by atoms with Gasteiger partial charge in [0.15, 0.2) is 0 Å². The highest BCUT2D eigenvalue weighted by molar-refractivity contribution is 7.16. The van der Waals surface area contributed by atoms with E-state index < -0.39 is 0 Å². The van der Waals surface area contributed by atoms with E-state index in [1.165, 1.54) is 5.56 Å². The van der Waals surface area contributed by atoms with Crippen molar-refractivity contribution < 1.29 is 0 Å². The number of hydrogen-bond acceptors (Lipinski definition) is 5. The van der Waals surface area contributed by atoms with E-state index in [0.29, 0.717) is 0 Å². The standard InChI is InChI=1S/C17H15N5S/c1-2-4-14(5-3-1)22-11-13(10-21-22)6-8-18-16-15-7-9-23-17(15)20-12-19-16/h1-5,7,9-12H,6,8H2,(H,18,19,20). The van der Waals surface area contributed by atoms with Crippen molar-refractivity contribution in [3.63, 3.8) is 0 Å². The number of nitrogens with zero attached hydrogens (tertiary/aromatic N) is 4. The number of thiophene rings is 1. The van der Waals surface area contributed by atoms with Crippen LogP contribution in [-0.4, -0.2) is 26.3 Å². The lowest BCUT2D eigenvalue weighted by molar-refractivity contribution is 0.879. The van der Waals surface area contributed by atoms with Crippen LogP contribution in [0.5, 0.6) is 0 Å². The third kappa shape index (κ3) is 2.93. The molecule has 0 aliphatic rings. The maximum Gasteiger partial charge on any atom is 0.138 e. The summed E-state index contributed by atoms with van der Waals surface area (Å²) < 4.78 is 1.90. The number of aromatic nitrogens is 4. The zero-order valence-corrected chi connectivity index (χ0v) is 13.2. The summed E-state index contributed by atoms with van der Waals surface area (Å²) in [6, 6.07) is 12.2. The SMILES string of the molecule is c1ccc(-n2cc(CCNc3ncnc4sccc34)cn2)cc1. The summed E-state index contributed by atoms with van der Waals surface area (Å²) in [6.07, 6.45) is 6.48. The molecule has 1 N–H and O–H groups in total. The van der Waals surface area contributed by atoms with E-state index in [-0.39, 0.29) is 0 Å². The van der Waals surface area contributed by atoms with Gasteiger partial charge in [0.25, 0.3) is 0 Å². The lowest BCUT2D eigenvalue weighted by Crippen LogP contribution is -2.06. The molecule has 0 radical (unpaired) electrons. The number of nitrogens with one attached hydrogen (secondary N) is 1. The molecular formula is C17H15N5S. The van der Waals surface area contributed by atoms with Gasteiger partial charge in [-0.05, 0) is 35.6 Å². The van der Waals surface area contributed by atoms with Crippen LogP contribution in [0.1, 0.15) is 5.56 Å². The Bertz CT molecular complexity index is 913. The van der Waals surface area contributed by atoms with E-state index in [4.69, 9.17) is 0 Å². The minimum absolute atomic E-state index is 0.808. The van der Waals surface area contributed by atoms with Crippen LogP contribution in [0.3, 0.4) is 0 Å². The van der Waals surface area contributed by atoms with Crippen molar-refractivity contribution in [3.8, 4) is 5.69 Å². The Morgan fingerprint density at radius 1 is 1.09 bits per heavy atom. The lowest BCUT2D eigenvalue weighted by Gasteiger charge is -2.05. The molecule has 0 saturated carbocycles. The van der Waals surface area contributed by atoms with Crippen molar-refractivity contribution in [2.45, 2.75) is 6.42 Å². The number of rotatable bonds is 5. The van der Waals surface area contributed by atoms with Gasteiger partial charge >= 0.3 is 0 Å². The van der Waals surface area contributed by atoms with Gasteiger partial charge in [-0.2, -0.15) is 5.10 Å². The van der Waals surface area contributed by atoms with E-state index in [1.807, 2.05) is 46.6 Å². The van der Waals surface area contributed by atoms with Gasteiger partial charge in [0.05, 0.1) is 17.3 Å². The normalized spacial score (nSPS) is 11.0. The second-order valence-corrected chi connectivity index (χ2v) is 6.06. The topological polar surface area (TPSA) is 55.6 Å². The van der Waals surface area contributed by atoms with Gasteiger partial charge in [0.1, 0.15) is 17.0 Å². The third-order valence-electron chi connectivity index (χ3n) is 3.62. The van der Waals surface area contributed by atoms with Crippen molar-refractivity contribution in [2.24, 2.45) is 0 Å². The van der Waals surface area contributed by atoms with Crippen molar-refractivity contribution in [1.29, 1.82) is 0 Å². The fourth-order valence-electron chi connectivity index (χ4n) is 2.47. The lowest BCUT2D eigenvalue weighted by atomic mass is 10.2. The maximum absolute atomic E-state index is 4.42. The molecule has 5 nitrogen and oxygen atoms in total. The first kappa shape index (κ1) is 13.9. The second-order valence-electron chi connectivity index (χ2n) is 5.17. The molecule has 0 spiro atoms. The van der Waals surface area contributed by atoms with E-state index >= 15 is 0 Å². The molecule has 114 valence electrons. The number of hydrogen-bond donors (Lipinski definition) is 1. The number of anilines is 1. The predicted molar refractivity (Wildman–Crippen MR) is 93.2 cm³/mol. The summed E-state index contributed by atoms with van der Waals surface area (Å²) in [5.41, 5.74) is 2.26. The third-order valence-corrected chi connectivity index (χ3v) is 4.45. The molecule has 0 unspecified atom stereocenters. The molecule has 4 rings (SSSR count). The molecule has 1 aromatic carbocycles. The molecule has 23 heavy (non-hydrogen) atoms. The van der Waals surface area contributed by atoms with Gasteiger partial charge in [0.2, 0.25) is 0 Å². The van der Waals surface area contributed by atoms with Crippen molar-refractivity contribution in [3.05, 3.63) is 66.1 Å². The van der Waals surface area contributed by atoms with Crippen LogP contribution in [0.2, 0.25) is 0 Å². The van der Waals surface area contributed by atoms with E-state index in [0.717, 1.165) is 34.7 Å². The highest BCUT2D eigenvalue weighted by atomic mass is 32.1. The molecule has 0 saturated heterocycles. The van der Waals surface area contributed by atoms with Crippen molar-refractivity contribution in [1.82, 2.24) is 19.7 Å². The van der Waals surface area contributed by atoms with Crippen LogP contribution < -0.4 is 5.32 Å². The maximum atomic E-state index is 4.42. The highest BCUT2D eigenvalue weighted by Crippen LogP contribution is 2.23. The Morgan fingerprint density at radius 3 is 2.91 bits per heavy atom. The highest BCUT2D eigenvalue weighted by Gasteiger charge is 2.05. The first-order valence-corrected chi connectivity index (χ1v) is 8.29. The zero-order chi connectivity index (χ0) is 15.5. The van der Waals surface area contributed by atoms with Gasteiger partial charge in [-0.1, -0.05) is 18.2 Å². The second kappa shape index (κ2) is 6.18. The predicted octanol–water partition coefficient (Wildman–Crippen LogP) is 3.53. The van der Waals surface area contributed by atoms with Crippen LogP contribution in [0.4, 0.5) is 5.82 Å². The van der Waals surface area contributed by atoms with E-state index in [2.05, 4.69) is 32.6 Å². The Kier molecular flexibility index (Phi) is 3.73. The Labute approximate surface area is 137 Å². The summed E-state index contributed by atoms with van der Waals surface area (Å²) in [5.74, 6) is 0.895. The fraction of sp³-hybridized carbons (Fsp3) is 0.118. The summed E-state index contributed by atoms with van der Waals surface area (Å²) in [7, 11) is 0. The fourth-order valence-corrected chi connectivity index (χ4v) is 3.20. The molecular weight excluding hydrogens is 306 g/mol. The van der Waals surface area contributed by atoms with Gasteiger partial charge in [-0.15, -0.1) is 11.3 Å². The minimum Gasteiger partial charge on any atom is -0.369 e. The van der Waals surface area contributed by atoms with Crippen LogP contribution in [0, 0.1) is 0 Å². The van der Waals surface area contributed by atoms with Gasteiger partial charge in [0, 0.05) is 12.7 Å². The van der Waals surface area contributed by atoms with Gasteiger partial charge in [-0.25, -0.2) is 14.6 Å². The summed E-state index contributed by atoms with van der Waals surface area (Å²) >= 11 is 1.63. The monoisotopic (exact) mass is 321 g/mol. The average Bonchev–Trinajstić information content (AvgIpc) is 3.25. The first-order chi connectivity index (χ1) is 11.4. The molecule has 0 amide bonds. The van der Waals surface area contributed by atoms with Crippen LogP contribution in [0.15, 0.2) is 60.5 Å². The Hall–Kier alpha value is -2.73. The summed E-state index contributed by atoms with van der Waals surface area (Å²) in [6.45, 7) is 0.808. The number of para-hydroxylation sites is 1. The summed E-state index contributed by atoms with van der Waals surface area (Å²) in [4.78, 5) is 9.60. The molecule has 4 aromatic rings. The largest absolute Gasteiger partial charge is 0.369 e. The smallest absolute Gasteiger partial charge is 0.138 e. The number of benzene rings is 1. The first-order valence-electron chi connectivity index (χ1n) is 7.41. The van der Waals surface area contributed by atoms with Gasteiger partial charge < -0.3 is 5.32 Å². The van der Waals surface area contributed by atoms with Crippen LogP contribution >= 0.6 is 11.3 Å². The molecule has 0 aliphatic heterocycles. The number of fused-ring (bicyclic) bond motifs is 1. The summed E-state index contributed by atoms with van der Waals surface area (Å²) in [5, 5.41) is 10.9. The molecule has 0 atom stereocenters. The Balaban J connectivity index is 1.42. The van der Waals surface area contributed by atoms with Gasteiger partial charge in [-0.3, -0.25) is 0 Å². The molecule has 0 bridgehead atoms. The van der Waals surface area contributed by atoms with Crippen LogP contribution in [-0.2, 0) is 6.42 Å². The Morgan fingerprint density at radius 2 is 2.00 bits per heavy atom.